The normalized spacial score (nSPS) is 37.7. The highest BCUT2D eigenvalue weighted by molar-refractivity contribution is 4.95. The summed E-state index contributed by atoms with van der Waals surface area (Å²) < 4.78 is 0. The van der Waals surface area contributed by atoms with Gasteiger partial charge < -0.3 is 5.32 Å². The zero-order valence-electron chi connectivity index (χ0n) is 13.5. The molecule has 2 nitrogen and oxygen atoms in total. The molecule has 1 N–H and O–H groups in total. The van der Waals surface area contributed by atoms with Gasteiger partial charge in [-0.3, -0.25) is 4.90 Å². The number of likely N-dealkylation sites (N-methyl/N-ethyl adjacent to an activating group) is 2. The molecule has 0 spiro atoms. The third kappa shape index (κ3) is 3.52. The summed E-state index contributed by atoms with van der Waals surface area (Å²) in [7, 11) is 2.16. The fraction of sp³-hybridized carbons (Fsp3) is 1.00. The summed E-state index contributed by atoms with van der Waals surface area (Å²) in [5, 5.41) is 3.63. The standard InChI is InChI=1S/C17H34N2/c1-5-19(15-9-7-6-8-10-15)17-14(3)11-13(2)12-16(17)18-4/h13-18H,5-12H2,1-4H3. The van der Waals surface area contributed by atoms with Crippen LogP contribution < -0.4 is 5.32 Å². The Morgan fingerprint density at radius 3 is 2.32 bits per heavy atom. The van der Waals surface area contributed by atoms with E-state index in [1.807, 2.05) is 0 Å². The topological polar surface area (TPSA) is 15.3 Å². The summed E-state index contributed by atoms with van der Waals surface area (Å²) in [4.78, 5) is 2.86. The number of hydrogen-bond acceptors (Lipinski definition) is 2. The van der Waals surface area contributed by atoms with Crippen molar-refractivity contribution >= 4 is 0 Å². The average molecular weight is 266 g/mol. The molecule has 0 aromatic carbocycles. The van der Waals surface area contributed by atoms with E-state index in [-0.39, 0.29) is 0 Å². The molecule has 2 rings (SSSR count). The van der Waals surface area contributed by atoms with Gasteiger partial charge >= 0.3 is 0 Å². The monoisotopic (exact) mass is 266 g/mol. The van der Waals surface area contributed by atoms with Crippen LogP contribution in [-0.4, -0.2) is 36.6 Å². The van der Waals surface area contributed by atoms with Crippen molar-refractivity contribution in [1.82, 2.24) is 10.2 Å². The highest BCUT2D eigenvalue weighted by Crippen LogP contribution is 2.35. The van der Waals surface area contributed by atoms with Gasteiger partial charge in [0.05, 0.1) is 0 Å². The molecule has 0 aromatic heterocycles. The smallest absolute Gasteiger partial charge is 0.0277 e. The second kappa shape index (κ2) is 7.08. The predicted octanol–water partition coefficient (Wildman–Crippen LogP) is 3.66. The maximum atomic E-state index is 3.63. The van der Waals surface area contributed by atoms with Crippen molar-refractivity contribution in [3.05, 3.63) is 0 Å². The van der Waals surface area contributed by atoms with Gasteiger partial charge in [0.1, 0.15) is 0 Å². The first kappa shape index (κ1) is 15.3. The fourth-order valence-electron chi connectivity index (χ4n) is 4.81. The maximum absolute atomic E-state index is 3.63. The summed E-state index contributed by atoms with van der Waals surface area (Å²) in [6, 6.07) is 2.31. The second-order valence-electron chi connectivity index (χ2n) is 7.06. The molecule has 2 aliphatic rings. The molecule has 19 heavy (non-hydrogen) atoms. The fourth-order valence-corrected chi connectivity index (χ4v) is 4.81. The van der Waals surface area contributed by atoms with Gasteiger partial charge in [-0.2, -0.15) is 0 Å². The van der Waals surface area contributed by atoms with E-state index in [1.165, 1.54) is 51.5 Å². The minimum absolute atomic E-state index is 0.695. The number of nitrogens with zero attached hydrogens (tertiary/aromatic N) is 1. The first-order valence-electron chi connectivity index (χ1n) is 8.60. The number of rotatable bonds is 4. The number of nitrogens with one attached hydrogen (secondary N) is 1. The van der Waals surface area contributed by atoms with Crippen molar-refractivity contribution in [2.24, 2.45) is 11.8 Å². The molecule has 2 fully saturated rings. The molecule has 0 aromatic rings. The predicted molar refractivity (Wildman–Crippen MR) is 83.5 cm³/mol. The van der Waals surface area contributed by atoms with E-state index < -0.39 is 0 Å². The minimum atomic E-state index is 0.695. The summed E-state index contributed by atoms with van der Waals surface area (Å²) in [6.07, 6.45) is 9.99. The molecule has 0 aliphatic heterocycles. The Bertz CT molecular complexity index is 260. The zero-order chi connectivity index (χ0) is 13.8. The molecular weight excluding hydrogens is 232 g/mol. The maximum Gasteiger partial charge on any atom is 0.0277 e. The third-order valence-corrected chi connectivity index (χ3v) is 5.59. The van der Waals surface area contributed by atoms with E-state index in [1.54, 1.807) is 0 Å². The summed E-state index contributed by atoms with van der Waals surface area (Å²) in [5.74, 6) is 1.72. The van der Waals surface area contributed by atoms with E-state index >= 15 is 0 Å². The van der Waals surface area contributed by atoms with E-state index in [4.69, 9.17) is 0 Å². The lowest BCUT2D eigenvalue weighted by Crippen LogP contribution is -2.58. The Labute approximate surface area is 120 Å². The van der Waals surface area contributed by atoms with Gasteiger partial charge in [-0.1, -0.05) is 40.0 Å². The zero-order valence-corrected chi connectivity index (χ0v) is 13.5. The highest BCUT2D eigenvalue weighted by Gasteiger charge is 2.38. The molecule has 0 bridgehead atoms. The summed E-state index contributed by atoms with van der Waals surface area (Å²) in [6.45, 7) is 8.50. The van der Waals surface area contributed by atoms with E-state index in [0.29, 0.717) is 6.04 Å². The van der Waals surface area contributed by atoms with E-state index in [0.717, 1.165) is 23.9 Å². The Balaban J connectivity index is 2.09. The molecule has 2 aliphatic carbocycles. The quantitative estimate of drug-likeness (QED) is 0.835. The second-order valence-corrected chi connectivity index (χ2v) is 7.06. The van der Waals surface area contributed by atoms with Crippen LogP contribution >= 0.6 is 0 Å². The van der Waals surface area contributed by atoms with Gasteiger partial charge in [0.2, 0.25) is 0 Å². The minimum Gasteiger partial charge on any atom is -0.315 e. The van der Waals surface area contributed by atoms with Crippen LogP contribution in [0.4, 0.5) is 0 Å². The highest BCUT2D eigenvalue weighted by atomic mass is 15.2. The Kier molecular flexibility index (Phi) is 5.70. The lowest BCUT2D eigenvalue weighted by Gasteiger charge is -2.49. The summed E-state index contributed by atoms with van der Waals surface area (Å²) in [5.41, 5.74) is 0. The van der Waals surface area contributed by atoms with Crippen LogP contribution in [0, 0.1) is 11.8 Å². The molecule has 4 unspecified atom stereocenters. The Morgan fingerprint density at radius 1 is 1.05 bits per heavy atom. The first-order chi connectivity index (χ1) is 9.17. The molecule has 112 valence electrons. The molecule has 2 saturated carbocycles. The van der Waals surface area contributed by atoms with Crippen molar-refractivity contribution in [1.29, 1.82) is 0 Å². The first-order valence-corrected chi connectivity index (χ1v) is 8.60. The lowest BCUT2D eigenvalue weighted by molar-refractivity contribution is 0.0235. The van der Waals surface area contributed by atoms with E-state index in [9.17, 15) is 0 Å². The van der Waals surface area contributed by atoms with Crippen molar-refractivity contribution < 1.29 is 0 Å². The van der Waals surface area contributed by atoms with Gasteiger partial charge in [-0.15, -0.1) is 0 Å². The van der Waals surface area contributed by atoms with Crippen molar-refractivity contribution in [3.63, 3.8) is 0 Å². The van der Waals surface area contributed by atoms with Crippen LogP contribution in [0.1, 0.15) is 65.7 Å². The van der Waals surface area contributed by atoms with Crippen LogP contribution in [0.3, 0.4) is 0 Å². The van der Waals surface area contributed by atoms with Gasteiger partial charge in [-0.05, 0) is 51.1 Å². The summed E-state index contributed by atoms with van der Waals surface area (Å²) >= 11 is 0. The Hall–Kier alpha value is -0.0800. The van der Waals surface area contributed by atoms with Crippen molar-refractivity contribution in [2.75, 3.05) is 13.6 Å². The molecular formula is C17H34N2. The van der Waals surface area contributed by atoms with Crippen LogP contribution in [-0.2, 0) is 0 Å². The molecule has 0 radical (unpaired) electrons. The molecule has 0 amide bonds. The lowest BCUT2D eigenvalue weighted by atomic mass is 9.75. The van der Waals surface area contributed by atoms with Crippen molar-refractivity contribution in [3.8, 4) is 0 Å². The van der Waals surface area contributed by atoms with Gasteiger partial charge in [0, 0.05) is 18.1 Å². The van der Waals surface area contributed by atoms with Gasteiger partial charge in [0.15, 0.2) is 0 Å². The van der Waals surface area contributed by atoms with E-state index in [2.05, 4.69) is 38.0 Å². The molecule has 0 saturated heterocycles. The van der Waals surface area contributed by atoms with Gasteiger partial charge in [0.25, 0.3) is 0 Å². The number of hydrogen-bond donors (Lipinski definition) is 1. The molecule has 4 atom stereocenters. The van der Waals surface area contributed by atoms with Gasteiger partial charge in [-0.25, -0.2) is 0 Å². The van der Waals surface area contributed by atoms with Crippen LogP contribution in [0.15, 0.2) is 0 Å². The van der Waals surface area contributed by atoms with Crippen LogP contribution in [0.5, 0.6) is 0 Å². The van der Waals surface area contributed by atoms with Crippen molar-refractivity contribution in [2.45, 2.75) is 83.8 Å². The molecule has 2 heteroatoms. The van der Waals surface area contributed by atoms with Crippen LogP contribution in [0.2, 0.25) is 0 Å². The third-order valence-electron chi connectivity index (χ3n) is 5.59. The Morgan fingerprint density at radius 2 is 1.74 bits per heavy atom. The average Bonchev–Trinajstić information content (AvgIpc) is 2.42. The largest absolute Gasteiger partial charge is 0.315 e. The van der Waals surface area contributed by atoms with Crippen LogP contribution in [0.25, 0.3) is 0 Å². The molecule has 0 heterocycles. The SMILES string of the molecule is CCN(C1CCCCC1)C1C(C)CC(C)CC1NC.